The molecule has 0 radical (unpaired) electrons. The quantitative estimate of drug-likeness (QED) is 0.743. The highest BCUT2D eigenvalue weighted by Crippen LogP contribution is 2.30. The smallest absolute Gasteiger partial charge is 0.241 e. The minimum Gasteiger partial charge on any atom is -0.326 e. The molecule has 20 heavy (non-hydrogen) atoms. The van der Waals surface area contributed by atoms with Crippen molar-refractivity contribution in [2.45, 2.75) is 38.6 Å². The lowest BCUT2D eigenvalue weighted by atomic mass is 10.1. The van der Waals surface area contributed by atoms with Gasteiger partial charge in [0.25, 0.3) is 0 Å². The van der Waals surface area contributed by atoms with Gasteiger partial charge in [-0.1, -0.05) is 19.4 Å². The van der Waals surface area contributed by atoms with E-state index in [1.165, 1.54) is 0 Å². The zero-order chi connectivity index (χ0) is 14.5. The molecule has 5 heteroatoms. The van der Waals surface area contributed by atoms with Gasteiger partial charge in [0, 0.05) is 17.3 Å². The van der Waals surface area contributed by atoms with E-state index in [4.69, 9.17) is 5.73 Å². The van der Waals surface area contributed by atoms with Crippen LogP contribution in [0, 0.1) is 5.92 Å². The molecule has 1 aliphatic carbocycles. The van der Waals surface area contributed by atoms with Gasteiger partial charge in [0.1, 0.15) is 0 Å². The molecular formula is C15H21N3O2. The molecule has 1 saturated carbocycles. The highest BCUT2D eigenvalue weighted by atomic mass is 16.2. The molecular weight excluding hydrogens is 254 g/mol. The lowest BCUT2D eigenvalue weighted by molar-refractivity contribution is -0.118. The predicted octanol–water partition coefficient (Wildman–Crippen LogP) is 2.10. The highest BCUT2D eigenvalue weighted by Gasteiger charge is 2.29. The summed E-state index contributed by atoms with van der Waals surface area (Å²) < 4.78 is 0. The van der Waals surface area contributed by atoms with E-state index < -0.39 is 6.04 Å². The standard InChI is InChI=1S/C15H21N3O2/c1-2-4-13(16)15(20)18-12-6-3-5-11(9-12)17-14(19)10-7-8-10/h3,5-6,9-10,13H,2,4,7-8,16H2,1H3,(H,17,19)(H,18,20)/t13-/m1/s1. The van der Waals surface area contributed by atoms with Gasteiger partial charge in [-0.05, 0) is 37.5 Å². The van der Waals surface area contributed by atoms with Gasteiger partial charge in [-0.2, -0.15) is 0 Å². The molecule has 0 bridgehead atoms. The zero-order valence-electron chi connectivity index (χ0n) is 11.7. The summed E-state index contributed by atoms with van der Waals surface area (Å²) >= 11 is 0. The average Bonchev–Trinajstić information content (AvgIpc) is 3.23. The van der Waals surface area contributed by atoms with E-state index in [9.17, 15) is 9.59 Å². The van der Waals surface area contributed by atoms with E-state index in [1.54, 1.807) is 18.2 Å². The van der Waals surface area contributed by atoms with Gasteiger partial charge >= 0.3 is 0 Å². The summed E-state index contributed by atoms with van der Waals surface area (Å²) in [6.45, 7) is 1.99. The van der Waals surface area contributed by atoms with E-state index in [1.807, 2.05) is 13.0 Å². The van der Waals surface area contributed by atoms with E-state index >= 15 is 0 Å². The maximum Gasteiger partial charge on any atom is 0.241 e. The molecule has 2 rings (SSSR count). The predicted molar refractivity (Wildman–Crippen MR) is 79.3 cm³/mol. The summed E-state index contributed by atoms with van der Waals surface area (Å²) in [5.41, 5.74) is 7.11. The molecule has 0 aromatic heterocycles. The molecule has 1 aromatic carbocycles. The van der Waals surface area contributed by atoms with Crippen LogP contribution in [0.1, 0.15) is 32.6 Å². The Labute approximate surface area is 118 Å². The topological polar surface area (TPSA) is 84.2 Å². The molecule has 0 heterocycles. The number of hydrogen-bond donors (Lipinski definition) is 3. The largest absolute Gasteiger partial charge is 0.326 e. The number of nitrogens with two attached hydrogens (primary N) is 1. The number of carbonyl (C=O) groups excluding carboxylic acids is 2. The SMILES string of the molecule is CCC[C@@H](N)C(=O)Nc1cccc(NC(=O)C2CC2)c1. The van der Waals surface area contributed by atoms with Crippen molar-refractivity contribution < 1.29 is 9.59 Å². The van der Waals surface area contributed by atoms with Crippen molar-refractivity contribution in [3.05, 3.63) is 24.3 Å². The summed E-state index contributed by atoms with van der Waals surface area (Å²) in [6, 6.07) is 6.63. The molecule has 108 valence electrons. The Morgan fingerprint density at radius 2 is 1.95 bits per heavy atom. The third-order valence-corrected chi connectivity index (χ3v) is 3.28. The first-order chi connectivity index (χ1) is 9.60. The van der Waals surface area contributed by atoms with E-state index in [0.29, 0.717) is 17.8 Å². The van der Waals surface area contributed by atoms with Crippen LogP contribution in [0.4, 0.5) is 11.4 Å². The number of hydrogen-bond acceptors (Lipinski definition) is 3. The van der Waals surface area contributed by atoms with Crippen LogP contribution in [0.2, 0.25) is 0 Å². The lowest BCUT2D eigenvalue weighted by Crippen LogP contribution is -2.35. The first-order valence-corrected chi connectivity index (χ1v) is 7.07. The molecule has 5 nitrogen and oxygen atoms in total. The van der Waals surface area contributed by atoms with Crippen LogP contribution in [0.25, 0.3) is 0 Å². The minimum atomic E-state index is -0.496. The highest BCUT2D eigenvalue weighted by molar-refractivity contribution is 5.97. The fourth-order valence-electron chi connectivity index (χ4n) is 1.94. The van der Waals surface area contributed by atoms with E-state index in [2.05, 4.69) is 10.6 Å². The molecule has 0 saturated heterocycles. The maximum absolute atomic E-state index is 11.8. The molecule has 4 N–H and O–H groups in total. The van der Waals surface area contributed by atoms with Crippen LogP contribution in [0.3, 0.4) is 0 Å². The van der Waals surface area contributed by atoms with Gasteiger partial charge in [0.15, 0.2) is 0 Å². The van der Waals surface area contributed by atoms with Crippen LogP contribution in [-0.4, -0.2) is 17.9 Å². The number of nitrogens with one attached hydrogen (secondary N) is 2. The second kappa shape index (κ2) is 6.52. The molecule has 1 aliphatic rings. The lowest BCUT2D eigenvalue weighted by Gasteiger charge is -2.12. The van der Waals surface area contributed by atoms with Crippen LogP contribution >= 0.6 is 0 Å². The number of benzene rings is 1. The van der Waals surface area contributed by atoms with Gasteiger partial charge in [0.05, 0.1) is 6.04 Å². The van der Waals surface area contributed by atoms with Gasteiger partial charge in [-0.25, -0.2) is 0 Å². The summed E-state index contributed by atoms with van der Waals surface area (Å²) in [7, 11) is 0. The normalized spacial score (nSPS) is 15.5. The Bertz CT molecular complexity index is 498. The molecule has 1 aromatic rings. The molecule has 1 atom stereocenters. The summed E-state index contributed by atoms with van der Waals surface area (Å²) in [5.74, 6) is 0.0138. The van der Waals surface area contributed by atoms with Gasteiger partial charge in [-0.15, -0.1) is 0 Å². The minimum absolute atomic E-state index is 0.0520. The van der Waals surface area contributed by atoms with Crippen LogP contribution < -0.4 is 16.4 Å². The fraction of sp³-hybridized carbons (Fsp3) is 0.467. The van der Waals surface area contributed by atoms with Crippen molar-refractivity contribution >= 4 is 23.2 Å². The monoisotopic (exact) mass is 275 g/mol. The van der Waals surface area contributed by atoms with Gasteiger partial charge in [0.2, 0.25) is 11.8 Å². The molecule has 0 aliphatic heterocycles. The summed E-state index contributed by atoms with van der Waals surface area (Å²) in [4.78, 5) is 23.5. The number of carbonyl (C=O) groups is 2. The second-order valence-corrected chi connectivity index (χ2v) is 5.23. The van der Waals surface area contributed by atoms with Gasteiger partial charge in [-0.3, -0.25) is 9.59 Å². The van der Waals surface area contributed by atoms with E-state index in [-0.39, 0.29) is 17.7 Å². The Kier molecular flexibility index (Phi) is 4.74. The Balaban J connectivity index is 1.94. The first-order valence-electron chi connectivity index (χ1n) is 7.07. The van der Waals surface area contributed by atoms with Crippen LogP contribution in [-0.2, 0) is 9.59 Å². The summed E-state index contributed by atoms with van der Waals surface area (Å²) in [6.07, 6.45) is 3.46. The molecule has 0 unspecified atom stereocenters. The number of rotatable bonds is 6. The third-order valence-electron chi connectivity index (χ3n) is 3.28. The van der Waals surface area contributed by atoms with Gasteiger partial charge < -0.3 is 16.4 Å². The number of anilines is 2. The average molecular weight is 275 g/mol. The number of amides is 2. The van der Waals surface area contributed by atoms with Crippen molar-refractivity contribution in [3.8, 4) is 0 Å². The molecule has 1 fully saturated rings. The van der Waals surface area contributed by atoms with Crippen molar-refractivity contribution in [3.63, 3.8) is 0 Å². The second-order valence-electron chi connectivity index (χ2n) is 5.23. The molecule has 2 amide bonds. The van der Waals surface area contributed by atoms with E-state index in [0.717, 1.165) is 19.3 Å². The van der Waals surface area contributed by atoms with Crippen LogP contribution in [0.15, 0.2) is 24.3 Å². The maximum atomic E-state index is 11.8. The Morgan fingerprint density at radius 1 is 1.30 bits per heavy atom. The van der Waals surface area contributed by atoms with Crippen molar-refractivity contribution in [1.82, 2.24) is 0 Å². The van der Waals surface area contributed by atoms with Crippen LogP contribution in [0.5, 0.6) is 0 Å². The first kappa shape index (κ1) is 14.5. The van der Waals surface area contributed by atoms with Crippen molar-refractivity contribution in [1.29, 1.82) is 0 Å². The molecule has 0 spiro atoms. The fourth-order valence-corrected chi connectivity index (χ4v) is 1.94. The Morgan fingerprint density at radius 3 is 2.55 bits per heavy atom. The zero-order valence-corrected chi connectivity index (χ0v) is 11.7. The summed E-state index contributed by atoms with van der Waals surface area (Å²) in [5, 5.41) is 5.62. The third kappa shape index (κ3) is 4.06. The van der Waals surface area contributed by atoms with Crippen molar-refractivity contribution in [2.75, 3.05) is 10.6 Å². The van der Waals surface area contributed by atoms with Crippen molar-refractivity contribution in [2.24, 2.45) is 11.7 Å². The Hall–Kier alpha value is -1.88.